The lowest BCUT2D eigenvalue weighted by Crippen LogP contribution is -2.36. The lowest BCUT2D eigenvalue weighted by molar-refractivity contribution is -0.140. The van der Waals surface area contributed by atoms with Crippen LogP contribution in [0.15, 0.2) is 48.2 Å². The molecule has 1 aromatic heterocycles. The Hall–Kier alpha value is -3.39. The van der Waals surface area contributed by atoms with Crippen molar-refractivity contribution >= 4 is 17.4 Å². The van der Waals surface area contributed by atoms with E-state index in [4.69, 9.17) is 14.2 Å². The second-order valence-corrected chi connectivity index (χ2v) is 7.41. The van der Waals surface area contributed by atoms with Crippen LogP contribution in [0.25, 0.3) is 5.76 Å². The molecule has 8 nitrogen and oxygen atoms in total. The maximum atomic E-state index is 13.0. The van der Waals surface area contributed by atoms with Crippen molar-refractivity contribution in [3.05, 3.63) is 59.4 Å². The number of aliphatic hydroxyl groups excluding tert-OH is 1. The number of ether oxygens (including phenoxy) is 3. The zero-order chi connectivity index (χ0) is 22.0. The van der Waals surface area contributed by atoms with Crippen LogP contribution in [0.1, 0.15) is 30.1 Å². The van der Waals surface area contributed by atoms with Gasteiger partial charge in [-0.15, -0.1) is 0 Å². The van der Waals surface area contributed by atoms with Crippen LogP contribution in [-0.2, 0) is 14.3 Å². The first kappa shape index (κ1) is 20.9. The number of aliphatic hydroxyl groups is 1. The molecule has 4 rings (SSSR count). The van der Waals surface area contributed by atoms with Crippen molar-refractivity contribution in [3.63, 3.8) is 0 Å². The van der Waals surface area contributed by atoms with Gasteiger partial charge < -0.3 is 24.2 Å². The van der Waals surface area contributed by atoms with E-state index in [1.807, 2.05) is 0 Å². The smallest absolute Gasteiger partial charge is 0.295 e. The van der Waals surface area contributed by atoms with Crippen LogP contribution in [0, 0.1) is 0 Å². The van der Waals surface area contributed by atoms with E-state index >= 15 is 0 Å². The minimum Gasteiger partial charge on any atom is -0.507 e. The Bertz CT molecular complexity index is 1010. The Morgan fingerprint density at radius 3 is 2.65 bits per heavy atom. The number of pyridine rings is 1. The molecule has 2 unspecified atom stereocenters. The molecule has 0 radical (unpaired) electrons. The van der Waals surface area contributed by atoms with Gasteiger partial charge in [0.2, 0.25) is 0 Å². The molecule has 2 saturated heterocycles. The number of ketones is 1. The number of carbonyl (C=O) groups is 2. The molecule has 0 spiro atoms. The number of aromatic nitrogens is 1. The molecular formula is C23H24N2O6. The molecule has 1 aromatic carbocycles. The zero-order valence-electron chi connectivity index (χ0n) is 17.4. The monoisotopic (exact) mass is 424 g/mol. The lowest BCUT2D eigenvalue weighted by atomic mass is 9.98. The highest BCUT2D eigenvalue weighted by Gasteiger charge is 2.47. The van der Waals surface area contributed by atoms with E-state index in [1.54, 1.807) is 42.6 Å². The topological polar surface area (TPSA) is 98.2 Å². The molecule has 2 fully saturated rings. The number of carbonyl (C=O) groups excluding carboxylic acids is 2. The highest BCUT2D eigenvalue weighted by atomic mass is 16.5. The van der Waals surface area contributed by atoms with Gasteiger partial charge >= 0.3 is 0 Å². The second-order valence-electron chi connectivity index (χ2n) is 7.41. The molecule has 2 aliphatic heterocycles. The van der Waals surface area contributed by atoms with Gasteiger partial charge in [-0.1, -0.05) is 6.07 Å². The van der Waals surface area contributed by atoms with Gasteiger partial charge in [-0.05, 0) is 43.2 Å². The summed E-state index contributed by atoms with van der Waals surface area (Å²) in [4.78, 5) is 31.8. The van der Waals surface area contributed by atoms with Crippen molar-refractivity contribution < 1.29 is 28.9 Å². The summed E-state index contributed by atoms with van der Waals surface area (Å²) in [5.74, 6) is -0.826. The number of rotatable bonds is 6. The van der Waals surface area contributed by atoms with E-state index in [2.05, 4.69) is 4.98 Å². The fourth-order valence-electron chi connectivity index (χ4n) is 4.06. The van der Waals surface area contributed by atoms with E-state index in [0.29, 0.717) is 29.4 Å². The molecule has 0 bridgehead atoms. The Balaban J connectivity index is 1.82. The molecular weight excluding hydrogens is 400 g/mol. The van der Waals surface area contributed by atoms with E-state index in [1.165, 1.54) is 19.1 Å². The Kier molecular flexibility index (Phi) is 5.90. The van der Waals surface area contributed by atoms with Gasteiger partial charge in [0.05, 0.1) is 31.6 Å². The summed E-state index contributed by atoms with van der Waals surface area (Å²) in [5, 5.41) is 11.1. The van der Waals surface area contributed by atoms with Crippen molar-refractivity contribution in [3.8, 4) is 11.5 Å². The number of hydrogen-bond acceptors (Lipinski definition) is 7. The summed E-state index contributed by atoms with van der Waals surface area (Å²) >= 11 is 0. The third kappa shape index (κ3) is 3.86. The summed E-state index contributed by atoms with van der Waals surface area (Å²) in [6, 6.07) is 9.28. The largest absolute Gasteiger partial charge is 0.507 e. The van der Waals surface area contributed by atoms with Crippen molar-refractivity contribution in [2.75, 3.05) is 27.4 Å². The molecule has 3 heterocycles. The van der Waals surface area contributed by atoms with Gasteiger partial charge in [0.1, 0.15) is 11.8 Å². The highest BCUT2D eigenvalue weighted by molar-refractivity contribution is 6.46. The number of benzene rings is 1. The maximum absolute atomic E-state index is 13.0. The van der Waals surface area contributed by atoms with Crippen LogP contribution in [0.5, 0.6) is 11.5 Å². The van der Waals surface area contributed by atoms with Crippen molar-refractivity contribution in [1.82, 2.24) is 9.88 Å². The predicted molar refractivity (Wildman–Crippen MR) is 112 cm³/mol. The maximum Gasteiger partial charge on any atom is 0.295 e. The average molecular weight is 424 g/mol. The standard InChI is InChI=1S/C23H24N2O6/c1-29-17-9-8-14(12-18(17)30-2)21(26)19-20(16-7-3-4-10-24-16)25(23(28)22(19)27)13-15-6-5-11-31-15/h3-4,7-10,12,15,20,26H,5-6,11,13H2,1-2H3/b21-19-. The van der Waals surface area contributed by atoms with Gasteiger partial charge in [-0.3, -0.25) is 14.6 Å². The number of Topliss-reactive ketones (excluding diaryl/α,β-unsaturated/α-hetero) is 1. The van der Waals surface area contributed by atoms with Crippen molar-refractivity contribution in [1.29, 1.82) is 0 Å². The molecule has 2 aromatic rings. The van der Waals surface area contributed by atoms with Gasteiger partial charge in [0.15, 0.2) is 11.5 Å². The molecule has 2 atom stereocenters. The first-order valence-electron chi connectivity index (χ1n) is 10.1. The van der Waals surface area contributed by atoms with Crippen LogP contribution in [0.2, 0.25) is 0 Å². The highest BCUT2D eigenvalue weighted by Crippen LogP contribution is 2.40. The third-order valence-corrected chi connectivity index (χ3v) is 5.59. The third-order valence-electron chi connectivity index (χ3n) is 5.59. The summed E-state index contributed by atoms with van der Waals surface area (Å²) in [6.07, 6.45) is 3.17. The average Bonchev–Trinajstić information content (AvgIpc) is 3.41. The number of likely N-dealkylation sites (tertiary alicyclic amines) is 1. The normalized spacial score (nSPS) is 22.7. The SMILES string of the molecule is COc1ccc(/C(O)=C2/C(=O)C(=O)N(CC3CCCO3)C2c2ccccn2)cc1OC. The van der Waals surface area contributed by atoms with Crippen molar-refractivity contribution in [2.24, 2.45) is 0 Å². The minimum absolute atomic E-state index is 0.00563. The molecule has 162 valence electrons. The van der Waals surface area contributed by atoms with Crippen LogP contribution in [0.4, 0.5) is 0 Å². The van der Waals surface area contributed by atoms with E-state index in [9.17, 15) is 14.7 Å². The van der Waals surface area contributed by atoms with Crippen LogP contribution in [-0.4, -0.2) is 60.2 Å². The first-order valence-corrected chi connectivity index (χ1v) is 10.1. The number of nitrogens with zero attached hydrogens (tertiary/aromatic N) is 2. The Morgan fingerprint density at radius 1 is 1.19 bits per heavy atom. The van der Waals surface area contributed by atoms with Crippen LogP contribution in [0.3, 0.4) is 0 Å². The number of amides is 1. The first-order chi connectivity index (χ1) is 15.0. The Morgan fingerprint density at radius 2 is 2.00 bits per heavy atom. The molecule has 1 N–H and O–H groups in total. The van der Waals surface area contributed by atoms with Gasteiger partial charge in [-0.25, -0.2) is 0 Å². The molecule has 1 amide bonds. The van der Waals surface area contributed by atoms with E-state index in [-0.39, 0.29) is 24.0 Å². The minimum atomic E-state index is -0.807. The summed E-state index contributed by atoms with van der Waals surface area (Å²) in [5.41, 5.74) is 0.837. The summed E-state index contributed by atoms with van der Waals surface area (Å²) in [7, 11) is 2.99. The van der Waals surface area contributed by atoms with Gasteiger partial charge in [0.25, 0.3) is 11.7 Å². The molecule has 8 heteroatoms. The number of hydrogen-bond donors (Lipinski definition) is 1. The summed E-state index contributed by atoms with van der Waals surface area (Å²) < 4.78 is 16.2. The van der Waals surface area contributed by atoms with Gasteiger partial charge in [0, 0.05) is 24.9 Å². The van der Waals surface area contributed by atoms with Crippen LogP contribution < -0.4 is 9.47 Å². The fraction of sp³-hybridized carbons (Fsp3) is 0.348. The lowest BCUT2D eigenvalue weighted by Gasteiger charge is -2.26. The second kappa shape index (κ2) is 8.77. The zero-order valence-corrected chi connectivity index (χ0v) is 17.4. The van der Waals surface area contributed by atoms with E-state index < -0.39 is 17.7 Å². The molecule has 0 aliphatic carbocycles. The molecule has 0 saturated carbocycles. The van der Waals surface area contributed by atoms with Crippen LogP contribution >= 0.6 is 0 Å². The van der Waals surface area contributed by atoms with Gasteiger partial charge in [-0.2, -0.15) is 0 Å². The fourth-order valence-corrected chi connectivity index (χ4v) is 4.06. The summed E-state index contributed by atoms with van der Waals surface area (Å²) in [6.45, 7) is 0.892. The predicted octanol–water partition coefficient (Wildman–Crippen LogP) is 2.70. The Labute approximate surface area is 180 Å². The number of methoxy groups -OCH3 is 2. The molecule has 31 heavy (non-hydrogen) atoms. The quantitative estimate of drug-likeness (QED) is 0.432. The molecule has 2 aliphatic rings. The van der Waals surface area contributed by atoms with Crippen molar-refractivity contribution in [2.45, 2.75) is 25.0 Å². The van der Waals surface area contributed by atoms with E-state index in [0.717, 1.165) is 12.8 Å².